The molecule has 4 rings (SSSR count). The number of fused-ring (bicyclic) bond motifs is 2. The maximum Gasteiger partial charge on any atom is 0.461 e. The van der Waals surface area contributed by atoms with E-state index in [1.807, 2.05) is 0 Å². The van der Waals surface area contributed by atoms with Crippen molar-refractivity contribution in [3.8, 4) is 28.2 Å². The highest BCUT2D eigenvalue weighted by atomic mass is 32.2. The smallest absolute Gasteiger partial charge is 0.461 e. The Balaban J connectivity index is 1.96. The summed E-state index contributed by atoms with van der Waals surface area (Å²) in [5, 5.41) is 3.86. The second kappa shape index (κ2) is 9.05. The molecule has 2 N–H and O–H groups in total. The average Bonchev–Trinajstić information content (AvgIpc) is 2.79. The lowest BCUT2D eigenvalue weighted by molar-refractivity contribution is -0.552. The van der Waals surface area contributed by atoms with Gasteiger partial charge in [-0.05, 0) is 45.0 Å². The number of hydrogen-bond donors (Lipinski definition) is 2. The maximum atomic E-state index is 12.0. The summed E-state index contributed by atoms with van der Waals surface area (Å²) in [6.07, 6.45) is -0.659. The molecular weight excluding hydrogens is 472 g/mol. The van der Waals surface area contributed by atoms with Crippen LogP contribution in [0.3, 0.4) is 0 Å². The van der Waals surface area contributed by atoms with Gasteiger partial charge in [0.05, 0.1) is 18.1 Å². The summed E-state index contributed by atoms with van der Waals surface area (Å²) < 4.78 is 52.8. The fourth-order valence-corrected chi connectivity index (χ4v) is 4.37. The number of carbonyl (C=O) groups excluding carboxylic acids is 1. The van der Waals surface area contributed by atoms with Crippen molar-refractivity contribution in [2.24, 2.45) is 0 Å². The predicted molar refractivity (Wildman–Crippen MR) is 126 cm³/mol. The summed E-state index contributed by atoms with van der Waals surface area (Å²) in [6.45, 7) is 5.26. The first kappa shape index (κ1) is 24.2. The Kier molecular flexibility index (Phi) is 6.27. The molecule has 35 heavy (non-hydrogen) atoms. The van der Waals surface area contributed by atoms with Crippen molar-refractivity contribution in [3.63, 3.8) is 0 Å². The number of methoxy groups -OCH3 is 1. The number of amides is 1. The van der Waals surface area contributed by atoms with Gasteiger partial charge in [-0.25, -0.2) is 13.2 Å². The zero-order chi connectivity index (χ0) is 25.4. The fourth-order valence-electron chi connectivity index (χ4n) is 3.68. The first-order chi connectivity index (χ1) is 16.5. The molecule has 0 atom stereocenters. The number of rotatable bonds is 4. The van der Waals surface area contributed by atoms with Gasteiger partial charge in [0.2, 0.25) is 5.36 Å². The molecule has 1 amide bonds. The molecule has 2 aliphatic rings. The lowest BCUT2D eigenvalue weighted by Gasteiger charge is -2.19. The van der Waals surface area contributed by atoms with Crippen LogP contribution in [-0.4, -0.2) is 31.8 Å². The molecule has 0 fully saturated rings. The largest absolute Gasteiger partial charge is 0.744 e. The molecule has 0 radical (unpaired) electrons. The van der Waals surface area contributed by atoms with E-state index in [0.29, 0.717) is 39.0 Å². The van der Waals surface area contributed by atoms with Crippen LogP contribution in [0.15, 0.2) is 70.0 Å². The van der Waals surface area contributed by atoms with Crippen LogP contribution in [0.1, 0.15) is 20.8 Å². The molecule has 1 aliphatic carbocycles. The van der Waals surface area contributed by atoms with E-state index >= 15 is 0 Å². The number of ether oxygens (including phenoxy) is 2. The third kappa shape index (κ3) is 5.28. The van der Waals surface area contributed by atoms with Gasteiger partial charge in [-0.3, -0.25) is 0 Å². The Bertz CT molecular complexity index is 1570. The Morgan fingerprint density at radius 3 is 2.46 bits per heavy atom. The first-order valence-electron chi connectivity index (χ1n) is 10.6. The van der Waals surface area contributed by atoms with Crippen molar-refractivity contribution in [2.45, 2.75) is 31.3 Å². The standard InChI is InChI=1S/C25H24N2O7S/c1-25(2,3)34-24(28)27-26-15-9-11-17-20(13-15)33-21-14-16(32-4)10-12-18(21)23(17)19-7-5-6-8-22(19)35(29,30)31/h5-14H,1-4H3,(H,27,28)(H,29,30,31)/b26-15+. The van der Waals surface area contributed by atoms with E-state index in [4.69, 9.17) is 13.9 Å². The Morgan fingerprint density at radius 2 is 1.77 bits per heavy atom. The third-order valence-electron chi connectivity index (χ3n) is 5.06. The molecular formula is C25H24N2O7S. The van der Waals surface area contributed by atoms with Gasteiger partial charge in [0.25, 0.3) is 0 Å². The van der Waals surface area contributed by atoms with Crippen molar-refractivity contribution < 1.29 is 36.8 Å². The summed E-state index contributed by atoms with van der Waals surface area (Å²) in [4.78, 5) is 11.7. The topological polar surface area (TPSA) is 132 Å². The van der Waals surface area contributed by atoms with Gasteiger partial charge in [0, 0.05) is 34.2 Å². The molecule has 0 aromatic heterocycles. The second-order valence-electron chi connectivity index (χ2n) is 8.75. The minimum atomic E-state index is -4.75. The third-order valence-corrected chi connectivity index (χ3v) is 5.96. The maximum absolute atomic E-state index is 12.0. The molecule has 1 heterocycles. The summed E-state index contributed by atoms with van der Waals surface area (Å²) in [6, 6.07) is 16.2. The Morgan fingerprint density at radius 1 is 1.03 bits per heavy atom. The molecule has 0 saturated carbocycles. The van der Waals surface area contributed by atoms with Gasteiger partial charge in [0.15, 0.2) is 0 Å². The van der Waals surface area contributed by atoms with Gasteiger partial charge in [0.1, 0.15) is 32.8 Å². The number of nitrogens with one attached hydrogen (secondary N) is 2. The minimum Gasteiger partial charge on any atom is -0.744 e. The van der Waals surface area contributed by atoms with Crippen molar-refractivity contribution in [3.05, 3.63) is 66.0 Å². The van der Waals surface area contributed by atoms with Crippen LogP contribution in [0, 0.1) is 0 Å². The zero-order valence-corrected chi connectivity index (χ0v) is 20.4. The number of carbonyl (C=O) groups is 1. The predicted octanol–water partition coefficient (Wildman–Crippen LogP) is 2.54. The molecule has 9 nitrogen and oxygen atoms in total. The molecule has 0 bridgehead atoms. The van der Waals surface area contributed by atoms with Gasteiger partial charge >= 0.3 is 6.09 Å². The highest BCUT2D eigenvalue weighted by Gasteiger charge is 2.22. The Hall–Kier alpha value is -3.89. The lowest BCUT2D eigenvalue weighted by Crippen LogP contribution is -2.87. The highest BCUT2D eigenvalue weighted by molar-refractivity contribution is 7.85. The molecule has 0 saturated heterocycles. The number of hydrogen-bond acceptors (Lipinski definition) is 7. The van der Waals surface area contributed by atoms with Crippen LogP contribution < -0.4 is 20.6 Å². The average molecular weight is 497 g/mol. The second-order valence-corrected chi connectivity index (χ2v) is 10.1. The van der Waals surface area contributed by atoms with Crippen LogP contribution in [-0.2, 0) is 14.9 Å². The van der Waals surface area contributed by atoms with Crippen LogP contribution in [0.2, 0.25) is 0 Å². The molecule has 0 spiro atoms. The van der Waals surface area contributed by atoms with Crippen LogP contribution in [0.25, 0.3) is 33.4 Å². The van der Waals surface area contributed by atoms with E-state index in [1.165, 1.54) is 19.2 Å². The summed E-state index contributed by atoms with van der Waals surface area (Å²) in [5.41, 5.74) is 3.56. The lowest BCUT2D eigenvalue weighted by atomic mass is 9.93. The van der Waals surface area contributed by atoms with Gasteiger partial charge < -0.3 is 18.4 Å². The van der Waals surface area contributed by atoms with E-state index < -0.39 is 21.8 Å². The van der Waals surface area contributed by atoms with Gasteiger partial charge in [-0.15, -0.1) is 5.10 Å². The van der Waals surface area contributed by atoms with E-state index in [-0.39, 0.29) is 10.5 Å². The van der Waals surface area contributed by atoms with Gasteiger partial charge in [-0.2, -0.15) is 0 Å². The minimum absolute atomic E-state index is 0.256. The molecule has 2 aromatic carbocycles. The van der Waals surface area contributed by atoms with Crippen LogP contribution in [0.5, 0.6) is 5.75 Å². The quantitative estimate of drug-likeness (QED) is 0.252. The molecule has 10 heteroatoms. The highest BCUT2D eigenvalue weighted by Crippen LogP contribution is 2.42. The number of hydrazine groups is 1. The molecule has 0 unspecified atom stereocenters. The van der Waals surface area contributed by atoms with Crippen molar-refractivity contribution in [2.75, 3.05) is 7.11 Å². The van der Waals surface area contributed by atoms with E-state index in [0.717, 1.165) is 0 Å². The van der Waals surface area contributed by atoms with Crippen molar-refractivity contribution >= 4 is 27.2 Å². The molecule has 182 valence electrons. The Labute approximate surface area is 202 Å². The molecule has 2 aromatic rings. The monoisotopic (exact) mass is 496 g/mol. The van der Waals surface area contributed by atoms with Crippen molar-refractivity contribution in [1.82, 2.24) is 5.43 Å². The first-order valence-corrected chi connectivity index (χ1v) is 12.0. The summed E-state index contributed by atoms with van der Waals surface area (Å²) in [7, 11) is -3.23. The van der Waals surface area contributed by atoms with E-state index in [9.17, 15) is 17.8 Å². The normalized spacial score (nSPS) is 12.7. The summed E-state index contributed by atoms with van der Waals surface area (Å²) >= 11 is 0. The SMILES string of the molecule is COc1ccc2c(-c3ccccc3S(=O)(=O)[O-])c3cc/c(=[NH+]\NC(=O)OC(C)(C)C)cc-3oc2c1. The van der Waals surface area contributed by atoms with E-state index in [2.05, 4.69) is 10.5 Å². The fraction of sp³-hybridized carbons (Fsp3) is 0.200. The zero-order valence-electron chi connectivity index (χ0n) is 19.5. The van der Waals surface area contributed by atoms with Crippen LogP contribution >= 0.6 is 0 Å². The van der Waals surface area contributed by atoms with Crippen LogP contribution in [0.4, 0.5) is 4.79 Å². The number of benzene rings is 3. The summed E-state index contributed by atoms with van der Waals surface area (Å²) in [5.74, 6) is 0.923. The molecule has 1 aliphatic heterocycles. The van der Waals surface area contributed by atoms with Gasteiger partial charge in [-0.1, -0.05) is 23.6 Å². The van der Waals surface area contributed by atoms with Crippen molar-refractivity contribution in [1.29, 1.82) is 0 Å². The van der Waals surface area contributed by atoms with E-state index in [1.54, 1.807) is 69.3 Å².